The van der Waals surface area contributed by atoms with E-state index in [1.807, 2.05) is 42.5 Å². The molecule has 0 fully saturated rings. The molecule has 0 aliphatic carbocycles. The number of nitrogen functional groups attached to an aromatic ring is 1. The smallest absolute Gasteiger partial charge is 0.224 e. The van der Waals surface area contributed by atoms with E-state index in [-0.39, 0.29) is 5.91 Å². The molecule has 0 spiro atoms. The zero-order valence-corrected chi connectivity index (χ0v) is 10.1. The van der Waals surface area contributed by atoms with Crippen molar-refractivity contribution in [1.29, 1.82) is 0 Å². The number of aryl methyl sites for hydroxylation is 1. The van der Waals surface area contributed by atoms with Gasteiger partial charge >= 0.3 is 0 Å². The Kier molecular flexibility index (Phi) is 3.97. The minimum absolute atomic E-state index is 0.0169. The van der Waals surface area contributed by atoms with Gasteiger partial charge in [-0.25, -0.2) is 0 Å². The van der Waals surface area contributed by atoms with Crippen molar-refractivity contribution >= 4 is 17.3 Å². The number of rotatable bonds is 4. The van der Waals surface area contributed by atoms with E-state index < -0.39 is 0 Å². The summed E-state index contributed by atoms with van der Waals surface area (Å²) < 4.78 is 0. The van der Waals surface area contributed by atoms with E-state index in [0.717, 1.165) is 12.0 Å². The van der Waals surface area contributed by atoms with Crippen LogP contribution in [0.1, 0.15) is 12.0 Å². The molecule has 0 atom stereocenters. The number of para-hydroxylation sites is 2. The molecule has 0 aliphatic rings. The molecule has 0 heterocycles. The second-order valence-electron chi connectivity index (χ2n) is 4.12. The van der Waals surface area contributed by atoms with Gasteiger partial charge in [0.1, 0.15) is 0 Å². The van der Waals surface area contributed by atoms with Crippen LogP contribution in [-0.2, 0) is 11.2 Å². The highest BCUT2D eigenvalue weighted by atomic mass is 16.1. The first-order chi connectivity index (χ1) is 8.75. The fourth-order valence-electron chi connectivity index (χ4n) is 1.73. The molecule has 2 aromatic carbocycles. The molecular weight excluding hydrogens is 224 g/mol. The van der Waals surface area contributed by atoms with Crippen molar-refractivity contribution in [2.75, 3.05) is 11.1 Å². The maximum atomic E-state index is 11.8. The van der Waals surface area contributed by atoms with Crippen molar-refractivity contribution in [3.05, 3.63) is 60.2 Å². The van der Waals surface area contributed by atoms with Crippen LogP contribution in [0, 0.1) is 0 Å². The van der Waals surface area contributed by atoms with Crippen LogP contribution in [0.25, 0.3) is 0 Å². The lowest BCUT2D eigenvalue weighted by atomic mass is 10.1. The Balaban J connectivity index is 1.88. The lowest BCUT2D eigenvalue weighted by Crippen LogP contribution is -2.13. The van der Waals surface area contributed by atoms with Gasteiger partial charge in [-0.15, -0.1) is 0 Å². The van der Waals surface area contributed by atoms with Gasteiger partial charge in [0.25, 0.3) is 0 Å². The molecule has 0 aromatic heterocycles. The van der Waals surface area contributed by atoms with Crippen LogP contribution in [0.15, 0.2) is 54.6 Å². The average Bonchev–Trinajstić information content (AvgIpc) is 2.40. The monoisotopic (exact) mass is 240 g/mol. The molecule has 3 nitrogen and oxygen atoms in total. The Bertz CT molecular complexity index is 523. The Hall–Kier alpha value is -2.29. The molecule has 3 heteroatoms. The van der Waals surface area contributed by atoms with E-state index in [4.69, 9.17) is 5.73 Å². The van der Waals surface area contributed by atoms with E-state index in [2.05, 4.69) is 5.32 Å². The number of amides is 1. The quantitative estimate of drug-likeness (QED) is 0.807. The molecule has 18 heavy (non-hydrogen) atoms. The number of benzene rings is 2. The summed E-state index contributed by atoms with van der Waals surface area (Å²) in [6.07, 6.45) is 1.19. The van der Waals surface area contributed by atoms with E-state index in [9.17, 15) is 4.79 Å². The standard InChI is InChI=1S/C15H16N2O/c16-13-8-4-5-9-14(13)17-15(18)11-10-12-6-2-1-3-7-12/h1-9H,10-11,16H2,(H,17,18). The van der Waals surface area contributed by atoms with Crippen LogP contribution in [0.3, 0.4) is 0 Å². The summed E-state index contributed by atoms with van der Waals surface area (Å²) >= 11 is 0. The Morgan fingerprint density at radius 2 is 1.67 bits per heavy atom. The number of hydrogen-bond acceptors (Lipinski definition) is 2. The second-order valence-corrected chi connectivity index (χ2v) is 4.12. The summed E-state index contributed by atoms with van der Waals surface area (Å²) in [5, 5.41) is 2.82. The van der Waals surface area contributed by atoms with Gasteiger partial charge in [0.05, 0.1) is 11.4 Å². The van der Waals surface area contributed by atoms with Crippen molar-refractivity contribution < 1.29 is 4.79 Å². The summed E-state index contributed by atoms with van der Waals surface area (Å²) in [6, 6.07) is 17.2. The summed E-state index contributed by atoms with van der Waals surface area (Å²) in [5.41, 5.74) is 8.19. The van der Waals surface area contributed by atoms with Crippen LogP contribution in [0.4, 0.5) is 11.4 Å². The summed E-state index contributed by atoms with van der Waals surface area (Å²) in [7, 11) is 0. The van der Waals surface area contributed by atoms with Gasteiger partial charge in [-0.1, -0.05) is 42.5 Å². The zero-order chi connectivity index (χ0) is 12.8. The average molecular weight is 240 g/mol. The third kappa shape index (κ3) is 3.35. The van der Waals surface area contributed by atoms with Crippen LogP contribution in [0.2, 0.25) is 0 Å². The third-order valence-electron chi connectivity index (χ3n) is 2.72. The summed E-state index contributed by atoms with van der Waals surface area (Å²) in [4.78, 5) is 11.8. The van der Waals surface area contributed by atoms with Crippen LogP contribution in [0.5, 0.6) is 0 Å². The Morgan fingerprint density at radius 1 is 1.00 bits per heavy atom. The first-order valence-electron chi connectivity index (χ1n) is 5.94. The predicted octanol–water partition coefficient (Wildman–Crippen LogP) is 2.84. The molecule has 0 saturated heterocycles. The molecule has 2 rings (SSSR count). The number of anilines is 2. The summed E-state index contributed by atoms with van der Waals surface area (Å²) in [6.45, 7) is 0. The number of nitrogens with two attached hydrogens (primary N) is 1. The molecule has 0 bridgehead atoms. The lowest BCUT2D eigenvalue weighted by molar-refractivity contribution is -0.116. The first-order valence-corrected chi connectivity index (χ1v) is 5.94. The minimum atomic E-state index is -0.0169. The van der Waals surface area contributed by atoms with Crippen molar-refractivity contribution in [2.45, 2.75) is 12.8 Å². The van der Waals surface area contributed by atoms with Gasteiger partial charge in [-0.2, -0.15) is 0 Å². The third-order valence-corrected chi connectivity index (χ3v) is 2.72. The molecule has 1 amide bonds. The van der Waals surface area contributed by atoms with E-state index in [0.29, 0.717) is 17.8 Å². The van der Waals surface area contributed by atoms with E-state index in [1.165, 1.54) is 0 Å². The van der Waals surface area contributed by atoms with Gasteiger partial charge in [-0.3, -0.25) is 4.79 Å². The topological polar surface area (TPSA) is 55.1 Å². The highest BCUT2D eigenvalue weighted by molar-refractivity contribution is 5.93. The Labute approximate surface area is 107 Å². The maximum Gasteiger partial charge on any atom is 0.224 e. The number of nitrogens with one attached hydrogen (secondary N) is 1. The highest BCUT2D eigenvalue weighted by Gasteiger charge is 2.04. The Morgan fingerprint density at radius 3 is 2.39 bits per heavy atom. The summed E-state index contributed by atoms with van der Waals surface area (Å²) in [5.74, 6) is -0.0169. The van der Waals surface area contributed by atoms with E-state index >= 15 is 0 Å². The molecular formula is C15H16N2O. The SMILES string of the molecule is Nc1ccccc1NC(=O)CCc1ccccc1. The van der Waals surface area contributed by atoms with Crippen LogP contribution in [-0.4, -0.2) is 5.91 Å². The molecule has 92 valence electrons. The molecule has 2 aromatic rings. The molecule has 0 unspecified atom stereocenters. The fraction of sp³-hybridized carbons (Fsp3) is 0.133. The van der Waals surface area contributed by atoms with Crippen molar-refractivity contribution in [1.82, 2.24) is 0 Å². The van der Waals surface area contributed by atoms with Crippen molar-refractivity contribution in [3.8, 4) is 0 Å². The van der Waals surface area contributed by atoms with E-state index in [1.54, 1.807) is 12.1 Å². The fourth-order valence-corrected chi connectivity index (χ4v) is 1.73. The molecule has 0 saturated carbocycles. The highest BCUT2D eigenvalue weighted by Crippen LogP contribution is 2.17. The van der Waals surface area contributed by atoms with Crippen molar-refractivity contribution in [3.63, 3.8) is 0 Å². The van der Waals surface area contributed by atoms with Gasteiger partial charge in [0.2, 0.25) is 5.91 Å². The molecule has 3 N–H and O–H groups in total. The number of carbonyl (C=O) groups excluding carboxylic acids is 1. The van der Waals surface area contributed by atoms with Gasteiger partial charge in [0, 0.05) is 6.42 Å². The van der Waals surface area contributed by atoms with Crippen molar-refractivity contribution in [2.24, 2.45) is 0 Å². The molecule has 0 radical (unpaired) electrons. The van der Waals surface area contributed by atoms with Gasteiger partial charge in [-0.05, 0) is 24.1 Å². The number of carbonyl (C=O) groups is 1. The van der Waals surface area contributed by atoms with Crippen LogP contribution >= 0.6 is 0 Å². The normalized spacial score (nSPS) is 10.0. The molecule has 0 aliphatic heterocycles. The van der Waals surface area contributed by atoms with Crippen LogP contribution < -0.4 is 11.1 Å². The largest absolute Gasteiger partial charge is 0.397 e. The second kappa shape index (κ2) is 5.87. The van der Waals surface area contributed by atoms with Gasteiger partial charge < -0.3 is 11.1 Å². The number of hydrogen-bond donors (Lipinski definition) is 2. The lowest BCUT2D eigenvalue weighted by Gasteiger charge is -2.07. The predicted molar refractivity (Wildman–Crippen MR) is 74.2 cm³/mol. The maximum absolute atomic E-state index is 11.8. The van der Waals surface area contributed by atoms with Gasteiger partial charge in [0.15, 0.2) is 0 Å². The minimum Gasteiger partial charge on any atom is -0.397 e. The zero-order valence-electron chi connectivity index (χ0n) is 10.1. The first kappa shape index (κ1) is 12.2.